The van der Waals surface area contributed by atoms with Crippen LogP contribution in [0.2, 0.25) is 0 Å². The van der Waals surface area contributed by atoms with Crippen molar-refractivity contribution in [3.05, 3.63) is 0 Å². The predicted molar refractivity (Wildman–Crippen MR) is 60.8 cm³/mol. The molecule has 0 aliphatic rings. The van der Waals surface area contributed by atoms with Crippen LogP contribution in [0, 0.1) is 11.8 Å². The van der Waals surface area contributed by atoms with Gasteiger partial charge in [-0.2, -0.15) is 0 Å². The molecule has 4 nitrogen and oxygen atoms in total. The zero-order valence-electron chi connectivity index (χ0n) is 10.6. The molecule has 4 heteroatoms. The molecule has 0 heterocycles. The Bertz CT molecular complexity index is 201. The van der Waals surface area contributed by atoms with Gasteiger partial charge in [0.15, 0.2) is 0 Å². The summed E-state index contributed by atoms with van der Waals surface area (Å²) in [7, 11) is 2.77. The molecule has 0 saturated heterocycles. The molecule has 0 aromatic heterocycles. The molecule has 0 rings (SSSR count). The summed E-state index contributed by atoms with van der Waals surface area (Å²) in [6, 6.07) is 0. The van der Waals surface area contributed by atoms with E-state index in [1.807, 2.05) is 13.8 Å². The second kappa shape index (κ2) is 8.13. The lowest BCUT2D eigenvalue weighted by molar-refractivity contribution is -0.145. The Kier molecular flexibility index (Phi) is 7.60. The van der Waals surface area contributed by atoms with Crippen molar-refractivity contribution in [2.24, 2.45) is 11.8 Å². The molecule has 0 bridgehead atoms. The second-order valence-electron chi connectivity index (χ2n) is 3.90. The average Bonchev–Trinajstić information content (AvgIpc) is 2.32. The maximum Gasteiger partial charge on any atom is 0.305 e. The van der Waals surface area contributed by atoms with Crippen molar-refractivity contribution in [3.63, 3.8) is 0 Å². The van der Waals surface area contributed by atoms with Gasteiger partial charge in [0.05, 0.1) is 14.2 Å². The summed E-state index contributed by atoms with van der Waals surface area (Å²) in [6.45, 7) is 4.04. The van der Waals surface area contributed by atoms with Crippen molar-refractivity contribution < 1.29 is 19.1 Å². The Morgan fingerprint density at radius 3 is 1.38 bits per heavy atom. The van der Waals surface area contributed by atoms with Gasteiger partial charge in [-0.05, 0) is 11.8 Å². The molecule has 0 N–H and O–H groups in total. The molecule has 0 aliphatic heterocycles. The van der Waals surface area contributed by atoms with Gasteiger partial charge in [-0.25, -0.2) is 0 Å². The zero-order valence-corrected chi connectivity index (χ0v) is 10.6. The lowest BCUT2D eigenvalue weighted by Gasteiger charge is -2.23. The molecule has 0 radical (unpaired) electrons. The van der Waals surface area contributed by atoms with Crippen molar-refractivity contribution >= 4 is 11.9 Å². The highest BCUT2D eigenvalue weighted by Gasteiger charge is 2.24. The molecule has 0 aliphatic carbocycles. The lowest BCUT2D eigenvalue weighted by atomic mass is 9.83. The van der Waals surface area contributed by atoms with Crippen LogP contribution in [0.3, 0.4) is 0 Å². The van der Waals surface area contributed by atoms with Crippen LogP contribution in [0.15, 0.2) is 0 Å². The first-order valence-corrected chi connectivity index (χ1v) is 5.72. The number of carbonyl (C=O) groups is 2. The molecule has 2 atom stereocenters. The summed E-state index contributed by atoms with van der Waals surface area (Å²) in [6.07, 6.45) is 2.49. The SMILES string of the molecule is CCC(CC(=O)OC)C(CC)CC(=O)OC. The normalized spacial score (nSPS) is 14.0. The van der Waals surface area contributed by atoms with Crippen molar-refractivity contribution in [1.82, 2.24) is 0 Å². The van der Waals surface area contributed by atoms with Gasteiger partial charge in [0.1, 0.15) is 0 Å². The fraction of sp³-hybridized carbons (Fsp3) is 0.833. The van der Waals surface area contributed by atoms with Crippen LogP contribution in [-0.4, -0.2) is 26.2 Å². The number of hydrogen-bond acceptors (Lipinski definition) is 4. The van der Waals surface area contributed by atoms with E-state index < -0.39 is 0 Å². The van der Waals surface area contributed by atoms with E-state index in [9.17, 15) is 9.59 Å². The maximum absolute atomic E-state index is 11.2. The fourth-order valence-electron chi connectivity index (χ4n) is 1.88. The van der Waals surface area contributed by atoms with Crippen LogP contribution in [0.1, 0.15) is 39.5 Å². The summed E-state index contributed by atoms with van der Waals surface area (Å²) in [5.41, 5.74) is 0. The maximum atomic E-state index is 11.2. The number of carbonyl (C=O) groups excluding carboxylic acids is 2. The minimum absolute atomic E-state index is 0.191. The molecular formula is C12H22O4. The largest absolute Gasteiger partial charge is 0.469 e. The Balaban J connectivity index is 4.37. The Morgan fingerprint density at radius 1 is 0.875 bits per heavy atom. The Morgan fingerprint density at radius 2 is 1.19 bits per heavy atom. The van der Waals surface area contributed by atoms with Gasteiger partial charge < -0.3 is 9.47 Å². The lowest BCUT2D eigenvalue weighted by Crippen LogP contribution is -2.21. The van der Waals surface area contributed by atoms with E-state index in [2.05, 4.69) is 9.47 Å². The van der Waals surface area contributed by atoms with Gasteiger partial charge in [0.2, 0.25) is 0 Å². The van der Waals surface area contributed by atoms with Gasteiger partial charge in [-0.15, -0.1) is 0 Å². The molecule has 16 heavy (non-hydrogen) atoms. The van der Waals surface area contributed by atoms with Crippen molar-refractivity contribution in [2.75, 3.05) is 14.2 Å². The smallest absolute Gasteiger partial charge is 0.305 e. The minimum Gasteiger partial charge on any atom is -0.469 e. The molecule has 0 saturated carbocycles. The van der Waals surface area contributed by atoms with Gasteiger partial charge in [0, 0.05) is 12.8 Å². The highest BCUT2D eigenvalue weighted by atomic mass is 16.5. The van der Waals surface area contributed by atoms with Crippen molar-refractivity contribution in [2.45, 2.75) is 39.5 Å². The van der Waals surface area contributed by atoms with E-state index in [1.165, 1.54) is 14.2 Å². The molecular weight excluding hydrogens is 208 g/mol. The third-order valence-corrected chi connectivity index (χ3v) is 3.03. The monoisotopic (exact) mass is 230 g/mol. The topological polar surface area (TPSA) is 52.6 Å². The summed E-state index contributed by atoms with van der Waals surface area (Å²) >= 11 is 0. The summed E-state index contributed by atoms with van der Waals surface area (Å²) in [4.78, 5) is 22.4. The summed E-state index contributed by atoms with van der Waals surface area (Å²) in [5, 5.41) is 0. The van der Waals surface area contributed by atoms with Crippen molar-refractivity contribution in [3.8, 4) is 0 Å². The highest BCUT2D eigenvalue weighted by Crippen LogP contribution is 2.26. The fourth-order valence-corrected chi connectivity index (χ4v) is 1.88. The average molecular weight is 230 g/mol. The Labute approximate surface area is 97.3 Å². The number of rotatable bonds is 7. The molecule has 94 valence electrons. The van der Waals surface area contributed by atoms with Crippen LogP contribution >= 0.6 is 0 Å². The van der Waals surface area contributed by atoms with Crippen LogP contribution in [0.4, 0.5) is 0 Å². The molecule has 0 fully saturated rings. The Hall–Kier alpha value is -1.06. The van der Waals surface area contributed by atoms with Crippen LogP contribution < -0.4 is 0 Å². The van der Waals surface area contributed by atoms with E-state index in [0.717, 1.165) is 12.8 Å². The molecule has 2 unspecified atom stereocenters. The van der Waals surface area contributed by atoms with E-state index in [-0.39, 0.29) is 23.8 Å². The van der Waals surface area contributed by atoms with Crippen molar-refractivity contribution in [1.29, 1.82) is 0 Å². The quantitative estimate of drug-likeness (QED) is 0.629. The van der Waals surface area contributed by atoms with E-state index in [4.69, 9.17) is 0 Å². The van der Waals surface area contributed by atoms with Crippen LogP contribution in [0.5, 0.6) is 0 Å². The first-order chi connectivity index (χ1) is 7.58. The van der Waals surface area contributed by atoms with Gasteiger partial charge in [-0.1, -0.05) is 26.7 Å². The first kappa shape index (κ1) is 14.9. The number of hydrogen-bond donors (Lipinski definition) is 0. The van der Waals surface area contributed by atoms with E-state index in [1.54, 1.807) is 0 Å². The number of esters is 2. The van der Waals surface area contributed by atoms with Gasteiger partial charge >= 0.3 is 11.9 Å². The van der Waals surface area contributed by atoms with Crippen LogP contribution in [0.25, 0.3) is 0 Å². The zero-order chi connectivity index (χ0) is 12.6. The highest BCUT2D eigenvalue weighted by molar-refractivity contribution is 5.71. The third kappa shape index (κ3) is 5.14. The van der Waals surface area contributed by atoms with Gasteiger partial charge in [0.25, 0.3) is 0 Å². The molecule has 0 aromatic rings. The standard InChI is InChI=1S/C12H22O4/c1-5-9(7-11(13)15-3)10(6-2)8-12(14)16-4/h9-10H,5-8H2,1-4H3. The molecule has 0 amide bonds. The predicted octanol–water partition coefficient (Wildman–Crippen LogP) is 2.17. The second-order valence-corrected chi connectivity index (χ2v) is 3.90. The minimum atomic E-state index is -0.213. The molecule has 0 spiro atoms. The van der Waals surface area contributed by atoms with Gasteiger partial charge in [-0.3, -0.25) is 9.59 Å². The van der Waals surface area contributed by atoms with E-state index >= 15 is 0 Å². The molecule has 0 aromatic carbocycles. The van der Waals surface area contributed by atoms with E-state index in [0.29, 0.717) is 12.8 Å². The first-order valence-electron chi connectivity index (χ1n) is 5.72. The number of methoxy groups -OCH3 is 2. The number of ether oxygens (including phenoxy) is 2. The van der Waals surface area contributed by atoms with Crippen LogP contribution in [-0.2, 0) is 19.1 Å². The third-order valence-electron chi connectivity index (χ3n) is 3.03. The summed E-state index contributed by atoms with van der Waals surface area (Å²) in [5.74, 6) is -0.0431. The summed E-state index contributed by atoms with van der Waals surface area (Å²) < 4.78 is 9.31.